The van der Waals surface area contributed by atoms with Crippen LogP contribution >= 0.6 is 0 Å². The summed E-state index contributed by atoms with van der Waals surface area (Å²) in [5.41, 5.74) is 0.732. The summed E-state index contributed by atoms with van der Waals surface area (Å²) in [6, 6.07) is 5.04. The predicted molar refractivity (Wildman–Crippen MR) is 91.4 cm³/mol. The lowest BCUT2D eigenvalue weighted by Gasteiger charge is -2.26. The highest BCUT2D eigenvalue weighted by molar-refractivity contribution is 7.88. The zero-order chi connectivity index (χ0) is 17.7. The van der Waals surface area contributed by atoms with Crippen molar-refractivity contribution in [2.45, 2.75) is 32.9 Å². The molecule has 3 N–H and O–H groups in total. The third kappa shape index (κ3) is 7.43. The number of benzene rings is 1. The topological polar surface area (TPSA) is 82.6 Å². The van der Waals surface area contributed by atoms with Gasteiger partial charge in [0, 0.05) is 25.7 Å². The van der Waals surface area contributed by atoms with Crippen molar-refractivity contribution in [3.8, 4) is 0 Å². The van der Waals surface area contributed by atoms with Gasteiger partial charge in [-0.1, -0.05) is 12.1 Å². The van der Waals surface area contributed by atoms with Crippen LogP contribution in [0.5, 0.6) is 0 Å². The molecule has 1 rings (SSSR count). The molecule has 0 spiro atoms. The summed E-state index contributed by atoms with van der Waals surface area (Å²) in [6.07, 6.45) is 1.12. The van der Waals surface area contributed by atoms with Crippen LogP contribution in [0, 0.1) is 12.7 Å². The molecule has 0 aliphatic carbocycles. The first kappa shape index (κ1) is 19.4. The molecule has 130 valence electrons. The van der Waals surface area contributed by atoms with E-state index in [1.54, 1.807) is 33.9 Å². The highest BCUT2D eigenvalue weighted by Gasteiger charge is 2.22. The van der Waals surface area contributed by atoms with Gasteiger partial charge in [-0.2, -0.15) is 0 Å². The van der Waals surface area contributed by atoms with Crippen LogP contribution in [0.15, 0.2) is 23.2 Å². The van der Waals surface area contributed by atoms with Gasteiger partial charge in [-0.3, -0.25) is 4.99 Å². The lowest BCUT2D eigenvalue weighted by atomic mass is 10.1. The maximum absolute atomic E-state index is 13.5. The molecule has 1 aromatic rings. The molecule has 0 atom stereocenters. The maximum atomic E-state index is 13.5. The molecular formula is C15H25FN4O2S. The fourth-order valence-corrected chi connectivity index (χ4v) is 3.07. The molecule has 0 amide bonds. The Morgan fingerprint density at radius 2 is 1.96 bits per heavy atom. The third-order valence-corrected chi connectivity index (χ3v) is 4.00. The molecule has 0 saturated carbocycles. The van der Waals surface area contributed by atoms with Crippen molar-refractivity contribution in [2.75, 3.05) is 19.8 Å². The van der Waals surface area contributed by atoms with Gasteiger partial charge in [0.1, 0.15) is 5.82 Å². The van der Waals surface area contributed by atoms with Crippen LogP contribution < -0.4 is 15.4 Å². The second-order valence-electron chi connectivity index (χ2n) is 6.12. The molecule has 0 unspecified atom stereocenters. The Labute approximate surface area is 137 Å². The van der Waals surface area contributed by atoms with E-state index in [-0.39, 0.29) is 5.82 Å². The minimum atomic E-state index is -3.29. The van der Waals surface area contributed by atoms with E-state index in [2.05, 4.69) is 20.3 Å². The highest BCUT2D eigenvalue weighted by Crippen LogP contribution is 2.08. The molecule has 8 heteroatoms. The van der Waals surface area contributed by atoms with Gasteiger partial charge in [-0.05, 0) is 38.0 Å². The molecule has 0 saturated heterocycles. The number of halogens is 1. The fourth-order valence-electron chi connectivity index (χ4n) is 2.00. The summed E-state index contributed by atoms with van der Waals surface area (Å²) in [7, 11) is -1.68. The number of hydrogen-bond donors (Lipinski definition) is 3. The maximum Gasteiger partial charge on any atom is 0.209 e. The first-order chi connectivity index (χ1) is 10.5. The molecule has 1 aromatic carbocycles. The Balaban J connectivity index is 2.56. The van der Waals surface area contributed by atoms with E-state index >= 15 is 0 Å². The van der Waals surface area contributed by atoms with Crippen LogP contribution in [0.25, 0.3) is 0 Å². The quantitative estimate of drug-likeness (QED) is 0.534. The summed E-state index contributed by atoms with van der Waals surface area (Å²) >= 11 is 0. The SMILES string of the molecule is CN=C(NCc1ccc(C)c(F)c1)NCC(C)(C)NS(C)(=O)=O. The Morgan fingerprint density at radius 1 is 1.30 bits per heavy atom. The molecule has 0 aliphatic rings. The second kappa shape index (κ2) is 7.74. The molecule has 0 radical (unpaired) electrons. The standard InChI is InChI=1S/C15H25FN4O2S/c1-11-6-7-12(8-13(11)16)9-18-14(17-4)19-10-15(2,3)20-23(5,21)22/h6-8,20H,9-10H2,1-5H3,(H2,17,18,19). The van der Waals surface area contributed by atoms with Crippen molar-refractivity contribution in [1.29, 1.82) is 0 Å². The van der Waals surface area contributed by atoms with Crippen LogP contribution in [0.1, 0.15) is 25.0 Å². The van der Waals surface area contributed by atoms with Crippen molar-refractivity contribution in [3.63, 3.8) is 0 Å². The Bertz CT molecular complexity index is 672. The van der Waals surface area contributed by atoms with Crippen LogP contribution in [0.3, 0.4) is 0 Å². The van der Waals surface area contributed by atoms with Gasteiger partial charge >= 0.3 is 0 Å². The summed E-state index contributed by atoms with van der Waals surface area (Å²) in [6.45, 7) is 6.01. The lowest BCUT2D eigenvalue weighted by molar-refractivity contribution is 0.446. The molecular weight excluding hydrogens is 319 g/mol. The Kier molecular flexibility index (Phi) is 6.52. The van der Waals surface area contributed by atoms with E-state index in [0.717, 1.165) is 11.8 Å². The van der Waals surface area contributed by atoms with E-state index in [9.17, 15) is 12.8 Å². The molecule has 0 fully saturated rings. The molecule has 0 aliphatic heterocycles. The predicted octanol–water partition coefficient (Wildman–Crippen LogP) is 1.13. The zero-order valence-electron chi connectivity index (χ0n) is 14.2. The number of aryl methyl sites for hydroxylation is 1. The number of nitrogens with zero attached hydrogens (tertiary/aromatic N) is 1. The number of guanidine groups is 1. The number of sulfonamides is 1. The smallest absolute Gasteiger partial charge is 0.209 e. The van der Waals surface area contributed by atoms with Crippen molar-refractivity contribution in [1.82, 2.24) is 15.4 Å². The lowest BCUT2D eigenvalue weighted by Crippen LogP contribution is -2.52. The van der Waals surface area contributed by atoms with Crippen LogP contribution in [-0.2, 0) is 16.6 Å². The van der Waals surface area contributed by atoms with Crippen molar-refractivity contribution in [2.24, 2.45) is 4.99 Å². The van der Waals surface area contributed by atoms with Gasteiger partial charge in [-0.25, -0.2) is 17.5 Å². The zero-order valence-corrected chi connectivity index (χ0v) is 15.0. The highest BCUT2D eigenvalue weighted by atomic mass is 32.2. The summed E-state index contributed by atoms with van der Waals surface area (Å²) < 4.78 is 38.7. The third-order valence-electron chi connectivity index (χ3n) is 3.08. The number of rotatable bonds is 6. The van der Waals surface area contributed by atoms with Gasteiger partial charge in [0.25, 0.3) is 0 Å². The van der Waals surface area contributed by atoms with E-state index < -0.39 is 15.6 Å². The molecule has 0 heterocycles. The summed E-state index contributed by atoms with van der Waals surface area (Å²) in [5, 5.41) is 6.11. The average molecular weight is 344 g/mol. The minimum Gasteiger partial charge on any atom is -0.355 e. The Hall–Kier alpha value is -1.67. The van der Waals surface area contributed by atoms with Crippen LogP contribution in [-0.4, -0.2) is 39.8 Å². The van der Waals surface area contributed by atoms with Gasteiger partial charge in [0.15, 0.2) is 5.96 Å². The van der Waals surface area contributed by atoms with Gasteiger partial charge < -0.3 is 10.6 Å². The number of aliphatic imine (C=N–C) groups is 1. The van der Waals surface area contributed by atoms with Crippen molar-refractivity contribution >= 4 is 16.0 Å². The fraction of sp³-hybridized carbons (Fsp3) is 0.533. The monoisotopic (exact) mass is 344 g/mol. The van der Waals surface area contributed by atoms with Gasteiger partial charge in [-0.15, -0.1) is 0 Å². The second-order valence-corrected chi connectivity index (χ2v) is 7.87. The van der Waals surface area contributed by atoms with E-state index in [1.807, 2.05) is 6.07 Å². The van der Waals surface area contributed by atoms with Crippen molar-refractivity contribution in [3.05, 3.63) is 35.1 Å². The van der Waals surface area contributed by atoms with E-state index in [0.29, 0.717) is 24.6 Å². The molecule has 6 nitrogen and oxygen atoms in total. The summed E-state index contributed by atoms with van der Waals surface area (Å²) in [4.78, 5) is 4.07. The van der Waals surface area contributed by atoms with E-state index in [4.69, 9.17) is 0 Å². The molecule has 0 aromatic heterocycles. The Morgan fingerprint density at radius 3 is 2.48 bits per heavy atom. The van der Waals surface area contributed by atoms with Crippen molar-refractivity contribution < 1.29 is 12.8 Å². The minimum absolute atomic E-state index is 0.245. The normalized spacial score (nSPS) is 13.0. The largest absolute Gasteiger partial charge is 0.355 e. The molecule has 0 bridgehead atoms. The average Bonchev–Trinajstić information content (AvgIpc) is 2.40. The van der Waals surface area contributed by atoms with Gasteiger partial charge in [0.05, 0.1) is 6.26 Å². The first-order valence-corrected chi connectivity index (χ1v) is 9.10. The number of nitrogens with one attached hydrogen (secondary N) is 3. The number of hydrogen-bond acceptors (Lipinski definition) is 3. The summed E-state index contributed by atoms with van der Waals surface area (Å²) in [5.74, 6) is 0.264. The first-order valence-electron chi connectivity index (χ1n) is 7.21. The van der Waals surface area contributed by atoms with Crippen LogP contribution in [0.4, 0.5) is 4.39 Å². The van der Waals surface area contributed by atoms with Crippen LogP contribution in [0.2, 0.25) is 0 Å². The van der Waals surface area contributed by atoms with E-state index in [1.165, 1.54) is 6.07 Å². The molecule has 23 heavy (non-hydrogen) atoms. The van der Waals surface area contributed by atoms with Gasteiger partial charge in [0.2, 0.25) is 10.0 Å².